The molecule has 0 aliphatic rings. The first-order valence-electron chi connectivity index (χ1n) is 3.59. The molecule has 0 amide bonds. The Morgan fingerprint density at radius 3 is 1.71 bits per heavy atom. The van der Waals surface area contributed by atoms with Crippen LogP contribution < -0.4 is 0 Å². The largest absolute Gasteiger partial charge is 0.466 e. The highest BCUT2D eigenvalue weighted by molar-refractivity contribution is 5.82. The second kappa shape index (κ2) is 6.67. The fourth-order valence-electron chi connectivity index (χ4n) is 0.460. The summed E-state index contributed by atoms with van der Waals surface area (Å²) < 4.78 is 8.54. The summed E-state index contributed by atoms with van der Waals surface area (Å²) in [6.07, 6.45) is 4.01. The molecule has 0 aromatic carbocycles. The van der Waals surface area contributed by atoms with E-state index in [-0.39, 0.29) is 0 Å². The molecular weight excluding hydrogens is 190 g/mol. The fourth-order valence-corrected chi connectivity index (χ4v) is 0.460. The first kappa shape index (κ1) is 12.2. The summed E-state index contributed by atoms with van der Waals surface area (Å²) in [6.45, 7) is 0. The van der Waals surface area contributed by atoms with Crippen molar-refractivity contribution in [1.29, 1.82) is 0 Å². The zero-order chi connectivity index (χ0) is 11.0. The Hall–Kier alpha value is -1.82. The van der Waals surface area contributed by atoms with Gasteiger partial charge < -0.3 is 9.47 Å². The Morgan fingerprint density at radius 2 is 1.43 bits per heavy atom. The van der Waals surface area contributed by atoms with Crippen molar-refractivity contribution in [3.05, 3.63) is 24.6 Å². The summed E-state index contributed by atoms with van der Waals surface area (Å²) in [6, 6.07) is 0. The lowest BCUT2D eigenvalue weighted by Crippen LogP contribution is -2.05. The van der Waals surface area contributed by atoms with Gasteiger partial charge in [-0.25, -0.2) is 14.7 Å². The average molecular weight is 201 g/mol. The molecule has 0 unspecified atom stereocenters. The quantitative estimate of drug-likeness (QED) is 0.393. The highest BCUT2D eigenvalue weighted by Gasteiger charge is 1.94. The number of ether oxygens (including phenoxy) is 2. The van der Waals surface area contributed by atoms with Gasteiger partial charge in [-0.05, 0) is 0 Å². The summed E-state index contributed by atoms with van der Waals surface area (Å²) in [7, 11) is 2.41. The highest BCUT2D eigenvalue weighted by Crippen LogP contribution is 1.88. The van der Waals surface area contributed by atoms with E-state index in [0.29, 0.717) is 5.06 Å². The highest BCUT2D eigenvalue weighted by atomic mass is 16.5. The molecule has 6 heteroatoms. The molecular formula is C8H11NO5. The SMILES string of the molecule is COC(=O)/C=C/N(O)/C=C/C(=O)OC. The van der Waals surface area contributed by atoms with Gasteiger partial charge in [0, 0.05) is 24.6 Å². The molecule has 14 heavy (non-hydrogen) atoms. The summed E-state index contributed by atoms with van der Waals surface area (Å²) in [5, 5.41) is 9.50. The van der Waals surface area contributed by atoms with E-state index in [4.69, 9.17) is 5.21 Å². The molecule has 0 fully saturated rings. The summed E-state index contributed by atoms with van der Waals surface area (Å²) >= 11 is 0. The van der Waals surface area contributed by atoms with Crippen molar-refractivity contribution < 1.29 is 24.3 Å². The van der Waals surface area contributed by atoms with E-state index in [2.05, 4.69) is 9.47 Å². The molecule has 0 bridgehead atoms. The second-order valence-corrected chi connectivity index (χ2v) is 2.06. The van der Waals surface area contributed by atoms with E-state index in [0.717, 1.165) is 24.6 Å². The topological polar surface area (TPSA) is 76.1 Å². The first-order valence-corrected chi connectivity index (χ1v) is 3.59. The number of hydrogen-bond acceptors (Lipinski definition) is 6. The van der Waals surface area contributed by atoms with E-state index >= 15 is 0 Å². The smallest absolute Gasteiger partial charge is 0.332 e. The fraction of sp³-hybridized carbons (Fsp3) is 0.250. The van der Waals surface area contributed by atoms with Gasteiger partial charge in [0.2, 0.25) is 0 Å². The Kier molecular flexibility index (Phi) is 5.80. The molecule has 0 aromatic heterocycles. The van der Waals surface area contributed by atoms with Gasteiger partial charge in [-0.1, -0.05) is 0 Å². The van der Waals surface area contributed by atoms with Gasteiger partial charge in [0.15, 0.2) is 0 Å². The standard InChI is InChI=1S/C8H11NO5/c1-13-7(10)3-5-9(12)6-4-8(11)14-2/h3-6,12H,1-2H3/b5-3+,6-4+. The van der Waals surface area contributed by atoms with E-state index in [9.17, 15) is 9.59 Å². The molecule has 0 aliphatic carbocycles. The molecule has 0 rings (SSSR count). The lowest BCUT2D eigenvalue weighted by molar-refractivity contribution is -0.135. The van der Waals surface area contributed by atoms with Crippen LogP contribution in [0, 0.1) is 0 Å². The van der Waals surface area contributed by atoms with Crippen LogP contribution in [-0.2, 0) is 19.1 Å². The van der Waals surface area contributed by atoms with Crippen LogP contribution >= 0.6 is 0 Å². The zero-order valence-corrected chi connectivity index (χ0v) is 7.84. The van der Waals surface area contributed by atoms with Crippen LogP contribution in [0.25, 0.3) is 0 Å². The third-order valence-electron chi connectivity index (χ3n) is 1.13. The van der Waals surface area contributed by atoms with Crippen molar-refractivity contribution in [3.8, 4) is 0 Å². The molecule has 78 valence electrons. The Labute approximate surface area is 81.0 Å². The van der Waals surface area contributed by atoms with Crippen LogP contribution in [0.5, 0.6) is 0 Å². The third kappa shape index (κ3) is 5.78. The minimum Gasteiger partial charge on any atom is -0.466 e. The van der Waals surface area contributed by atoms with Crippen molar-refractivity contribution in [2.75, 3.05) is 14.2 Å². The number of carbonyl (C=O) groups is 2. The predicted molar refractivity (Wildman–Crippen MR) is 45.9 cm³/mol. The number of rotatable bonds is 4. The van der Waals surface area contributed by atoms with Crippen LogP contribution in [-0.4, -0.2) is 36.4 Å². The van der Waals surface area contributed by atoms with Crippen LogP contribution in [0.3, 0.4) is 0 Å². The number of carbonyl (C=O) groups excluding carboxylic acids is 2. The summed E-state index contributed by atoms with van der Waals surface area (Å²) in [5.41, 5.74) is 0. The lowest BCUT2D eigenvalue weighted by Gasteiger charge is -2.02. The maximum Gasteiger partial charge on any atom is 0.332 e. The van der Waals surface area contributed by atoms with E-state index in [1.807, 2.05) is 0 Å². The van der Waals surface area contributed by atoms with Gasteiger partial charge in [0.25, 0.3) is 0 Å². The molecule has 0 atom stereocenters. The van der Waals surface area contributed by atoms with Crippen molar-refractivity contribution in [3.63, 3.8) is 0 Å². The molecule has 0 heterocycles. The summed E-state index contributed by atoms with van der Waals surface area (Å²) in [4.78, 5) is 21.1. The van der Waals surface area contributed by atoms with Gasteiger partial charge in [-0.15, -0.1) is 0 Å². The molecule has 0 spiro atoms. The van der Waals surface area contributed by atoms with Crippen molar-refractivity contribution in [1.82, 2.24) is 5.06 Å². The lowest BCUT2D eigenvalue weighted by atomic mass is 10.6. The minimum absolute atomic E-state index is 0.522. The number of esters is 2. The molecule has 0 radical (unpaired) electrons. The normalized spacial score (nSPS) is 10.5. The molecule has 0 aromatic rings. The van der Waals surface area contributed by atoms with Crippen molar-refractivity contribution in [2.45, 2.75) is 0 Å². The first-order chi connectivity index (χ1) is 6.60. The molecule has 0 aliphatic heterocycles. The van der Waals surface area contributed by atoms with Crippen LogP contribution in [0.15, 0.2) is 24.6 Å². The predicted octanol–water partition coefficient (Wildman–Crippen LogP) is 0.0510. The van der Waals surface area contributed by atoms with E-state index < -0.39 is 11.9 Å². The number of nitrogens with zero attached hydrogens (tertiary/aromatic N) is 1. The second-order valence-electron chi connectivity index (χ2n) is 2.06. The summed E-state index contributed by atoms with van der Waals surface area (Å²) in [5.74, 6) is -1.23. The van der Waals surface area contributed by atoms with Crippen molar-refractivity contribution in [2.24, 2.45) is 0 Å². The van der Waals surface area contributed by atoms with Crippen LogP contribution in [0.4, 0.5) is 0 Å². The number of hydroxylamine groups is 2. The van der Waals surface area contributed by atoms with Gasteiger partial charge in [0.05, 0.1) is 14.2 Å². The maximum absolute atomic E-state index is 10.5. The molecule has 0 saturated carbocycles. The van der Waals surface area contributed by atoms with Gasteiger partial charge >= 0.3 is 11.9 Å². The van der Waals surface area contributed by atoms with E-state index in [1.54, 1.807) is 0 Å². The van der Waals surface area contributed by atoms with Crippen LogP contribution in [0.2, 0.25) is 0 Å². The molecule has 6 nitrogen and oxygen atoms in total. The average Bonchev–Trinajstić information content (AvgIpc) is 2.22. The van der Waals surface area contributed by atoms with Gasteiger partial charge in [0.1, 0.15) is 0 Å². The maximum atomic E-state index is 10.5. The van der Waals surface area contributed by atoms with Crippen molar-refractivity contribution >= 4 is 11.9 Å². The minimum atomic E-state index is -0.615. The monoisotopic (exact) mass is 201 g/mol. The third-order valence-corrected chi connectivity index (χ3v) is 1.13. The van der Waals surface area contributed by atoms with Gasteiger partial charge in [-0.3, -0.25) is 5.21 Å². The number of hydrogen-bond donors (Lipinski definition) is 1. The Balaban J connectivity index is 4.03. The molecule has 1 N–H and O–H groups in total. The van der Waals surface area contributed by atoms with E-state index in [1.165, 1.54) is 14.2 Å². The van der Waals surface area contributed by atoms with Crippen LogP contribution in [0.1, 0.15) is 0 Å². The number of methoxy groups -OCH3 is 2. The molecule has 0 saturated heterocycles. The Bertz CT molecular complexity index is 232. The Morgan fingerprint density at radius 1 is 1.07 bits per heavy atom. The zero-order valence-electron chi connectivity index (χ0n) is 7.84. The van der Waals surface area contributed by atoms with Gasteiger partial charge in [-0.2, -0.15) is 0 Å².